The van der Waals surface area contributed by atoms with Crippen LogP contribution < -0.4 is 0 Å². The number of halogens is 2. The van der Waals surface area contributed by atoms with E-state index in [2.05, 4.69) is 5.10 Å². The molecule has 0 bridgehead atoms. The molecular weight excluding hydrogens is 258 g/mol. The maximum absolute atomic E-state index is 13.1. The summed E-state index contributed by atoms with van der Waals surface area (Å²) in [4.78, 5) is 23.2. The van der Waals surface area contributed by atoms with Gasteiger partial charge in [-0.25, -0.2) is 8.78 Å². The summed E-state index contributed by atoms with van der Waals surface area (Å²) in [6, 6.07) is 0. The second-order valence-corrected chi connectivity index (χ2v) is 4.72. The van der Waals surface area contributed by atoms with Gasteiger partial charge in [0, 0.05) is 11.5 Å². The lowest BCUT2D eigenvalue weighted by Gasteiger charge is -2.07. The Hall–Kier alpha value is -1.79. The summed E-state index contributed by atoms with van der Waals surface area (Å²) in [5.74, 6) is -1.09. The molecule has 2 aliphatic rings. The number of carbonyl (C=O) groups excluding carboxylic acids is 2. The first-order valence-corrected chi connectivity index (χ1v) is 6.13. The van der Waals surface area contributed by atoms with E-state index in [9.17, 15) is 18.4 Å². The Balaban J connectivity index is 1.97. The fourth-order valence-corrected chi connectivity index (χ4v) is 2.70. The van der Waals surface area contributed by atoms with Crippen molar-refractivity contribution in [3.05, 3.63) is 17.0 Å². The van der Waals surface area contributed by atoms with E-state index in [0.29, 0.717) is 12.0 Å². The van der Waals surface area contributed by atoms with Gasteiger partial charge in [-0.15, -0.1) is 0 Å². The van der Waals surface area contributed by atoms with Gasteiger partial charge >= 0.3 is 5.97 Å². The number of carbonyl (C=O) groups is 2. The van der Waals surface area contributed by atoms with Crippen LogP contribution in [-0.4, -0.2) is 28.1 Å². The van der Waals surface area contributed by atoms with Gasteiger partial charge in [0.05, 0.1) is 6.61 Å². The minimum absolute atomic E-state index is 0.112. The minimum Gasteiger partial charge on any atom is -0.465 e. The Morgan fingerprint density at radius 3 is 2.89 bits per heavy atom. The Bertz CT molecular complexity index is 568. The molecule has 1 heterocycles. The summed E-state index contributed by atoms with van der Waals surface area (Å²) >= 11 is 0. The van der Waals surface area contributed by atoms with Crippen LogP contribution in [0.4, 0.5) is 8.78 Å². The average molecular weight is 270 g/mol. The Morgan fingerprint density at radius 1 is 1.53 bits per heavy atom. The van der Waals surface area contributed by atoms with Crippen LogP contribution in [0.15, 0.2) is 0 Å². The predicted molar refractivity (Wildman–Crippen MR) is 59.0 cm³/mol. The van der Waals surface area contributed by atoms with Crippen molar-refractivity contribution < 1.29 is 23.1 Å². The molecule has 0 saturated heterocycles. The lowest BCUT2D eigenvalue weighted by molar-refractivity contribution is -0.144. The topological polar surface area (TPSA) is 61.2 Å². The van der Waals surface area contributed by atoms with E-state index in [-0.39, 0.29) is 42.2 Å². The Kier molecular flexibility index (Phi) is 2.65. The van der Waals surface area contributed by atoms with Crippen LogP contribution in [0, 0.1) is 5.92 Å². The minimum atomic E-state index is -2.75. The van der Waals surface area contributed by atoms with E-state index in [0.717, 1.165) is 4.68 Å². The largest absolute Gasteiger partial charge is 0.465 e. The zero-order valence-electron chi connectivity index (χ0n) is 10.2. The number of ketones is 1. The van der Waals surface area contributed by atoms with Gasteiger partial charge in [0.1, 0.15) is 17.9 Å². The summed E-state index contributed by atoms with van der Waals surface area (Å²) in [5.41, 5.74) is 0.150. The average Bonchev–Trinajstić information content (AvgIpc) is 2.96. The fraction of sp³-hybridized carbons (Fsp3) is 0.583. The monoisotopic (exact) mass is 270 g/mol. The third kappa shape index (κ3) is 1.75. The molecule has 5 nitrogen and oxygen atoms in total. The van der Waals surface area contributed by atoms with Gasteiger partial charge in [-0.05, 0) is 19.3 Å². The molecule has 0 aliphatic heterocycles. The molecule has 0 aromatic carbocycles. The first-order valence-electron chi connectivity index (χ1n) is 6.13. The van der Waals surface area contributed by atoms with Crippen LogP contribution in [0.3, 0.4) is 0 Å². The van der Waals surface area contributed by atoms with Crippen molar-refractivity contribution in [2.45, 2.75) is 32.2 Å². The van der Waals surface area contributed by atoms with Gasteiger partial charge < -0.3 is 4.74 Å². The molecule has 1 fully saturated rings. The standard InChI is InChI=1S/C12H12F2N2O3/c1-2-19-7(17)4-16-10(12(13)14)8-5-3-6(5)11(18)9(8)15-16/h5-6,12H,2-4H2,1H3/t5-,6-/m0/s1. The molecule has 0 unspecified atom stereocenters. The number of rotatable bonds is 4. The van der Waals surface area contributed by atoms with Crippen LogP contribution in [0.2, 0.25) is 0 Å². The molecule has 0 spiro atoms. The highest BCUT2D eigenvalue weighted by Crippen LogP contribution is 2.57. The van der Waals surface area contributed by atoms with E-state index in [4.69, 9.17) is 4.74 Å². The molecule has 1 aromatic rings. The number of alkyl halides is 2. The number of Topliss-reactive ketones (excluding diaryl/α,β-unsaturated/α-hetero) is 1. The summed E-state index contributed by atoms with van der Waals surface area (Å²) in [5, 5.41) is 3.88. The van der Waals surface area contributed by atoms with Crippen LogP contribution in [0.25, 0.3) is 0 Å². The lowest BCUT2D eigenvalue weighted by Crippen LogP contribution is -2.17. The summed E-state index contributed by atoms with van der Waals surface area (Å²) in [6.45, 7) is 1.42. The van der Waals surface area contributed by atoms with Crippen LogP contribution in [0.5, 0.6) is 0 Å². The third-order valence-corrected chi connectivity index (χ3v) is 3.55. The van der Waals surface area contributed by atoms with Crippen molar-refractivity contribution in [3.8, 4) is 0 Å². The molecule has 1 aromatic heterocycles. The number of fused-ring (bicyclic) bond motifs is 3. The molecule has 0 radical (unpaired) electrons. The van der Waals surface area contributed by atoms with Gasteiger partial charge in [-0.1, -0.05) is 0 Å². The van der Waals surface area contributed by atoms with Crippen molar-refractivity contribution in [1.82, 2.24) is 9.78 Å². The highest BCUT2D eigenvalue weighted by atomic mass is 19.3. The third-order valence-electron chi connectivity index (χ3n) is 3.55. The molecule has 0 N–H and O–H groups in total. The summed E-state index contributed by atoms with van der Waals surface area (Å²) in [7, 11) is 0. The summed E-state index contributed by atoms with van der Waals surface area (Å²) in [6.07, 6.45) is -2.13. The highest BCUT2D eigenvalue weighted by molar-refractivity contribution is 6.04. The summed E-state index contributed by atoms with van der Waals surface area (Å²) < 4.78 is 31.9. The zero-order valence-corrected chi connectivity index (χ0v) is 10.2. The second kappa shape index (κ2) is 4.11. The maximum atomic E-state index is 13.1. The molecular formula is C12H12F2N2O3. The molecule has 0 amide bonds. The van der Waals surface area contributed by atoms with Gasteiger partial charge in [0.15, 0.2) is 5.78 Å². The van der Waals surface area contributed by atoms with Crippen molar-refractivity contribution in [2.24, 2.45) is 5.92 Å². The van der Waals surface area contributed by atoms with Crippen molar-refractivity contribution in [1.29, 1.82) is 0 Å². The SMILES string of the molecule is CCOC(=O)Cn1nc2c(c1C(F)F)[C@H]1C[C@@H]1C2=O. The first kappa shape index (κ1) is 12.3. The van der Waals surface area contributed by atoms with Crippen LogP contribution in [-0.2, 0) is 16.1 Å². The quantitative estimate of drug-likeness (QED) is 0.781. The molecule has 2 atom stereocenters. The number of esters is 1. The lowest BCUT2D eigenvalue weighted by atomic mass is 10.1. The van der Waals surface area contributed by atoms with Gasteiger partial charge in [-0.3, -0.25) is 14.3 Å². The van der Waals surface area contributed by atoms with Gasteiger partial charge in [0.2, 0.25) is 0 Å². The predicted octanol–water partition coefficient (Wildman–Crippen LogP) is 1.68. The first-order chi connectivity index (χ1) is 9.04. The Labute approximate surface area is 107 Å². The Morgan fingerprint density at radius 2 is 2.26 bits per heavy atom. The second-order valence-electron chi connectivity index (χ2n) is 4.72. The molecule has 1 saturated carbocycles. The zero-order chi connectivity index (χ0) is 13.7. The molecule has 2 aliphatic carbocycles. The maximum Gasteiger partial charge on any atom is 0.327 e. The highest BCUT2D eigenvalue weighted by Gasteiger charge is 2.56. The van der Waals surface area contributed by atoms with Crippen molar-refractivity contribution in [3.63, 3.8) is 0 Å². The number of ether oxygens (including phenoxy) is 1. The normalized spacial score (nSPS) is 23.5. The van der Waals surface area contributed by atoms with E-state index >= 15 is 0 Å². The fourth-order valence-electron chi connectivity index (χ4n) is 2.70. The van der Waals surface area contributed by atoms with E-state index < -0.39 is 12.4 Å². The number of aromatic nitrogens is 2. The molecule has 102 valence electrons. The van der Waals surface area contributed by atoms with Gasteiger partial charge in [0.25, 0.3) is 6.43 Å². The molecule has 19 heavy (non-hydrogen) atoms. The van der Waals surface area contributed by atoms with E-state index in [1.807, 2.05) is 0 Å². The van der Waals surface area contributed by atoms with Crippen molar-refractivity contribution >= 4 is 11.8 Å². The van der Waals surface area contributed by atoms with E-state index in [1.165, 1.54) is 0 Å². The smallest absolute Gasteiger partial charge is 0.327 e. The van der Waals surface area contributed by atoms with Gasteiger partial charge in [-0.2, -0.15) is 5.10 Å². The van der Waals surface area contributed by atoms with Crippen molar-refractivity contribution in [2.75, 3.05) is 6.61 Å². The van der Waals surface area contributed by atoms with Crippen LogP contribution in [0.1, 0.15) is 47.4 Å². The number of hydrogen-bond acceptors (Lipinski definition) is 4. The van der Waals surface area contributed by atoms with Crippen LogP contribution >= 0.6 is 0 Å². The van der Waals surface area contributed by atoms with E-state index in [1.54, 1.807) is 6.92 Å². The number of nitrogens with zero attached hydrogens (tertiary/aromatic N) is 2. The molecule has 7 heteroatoms. The molecule has 3 rings (SSSR count). The number of hydrogen-bond donors (Lipinski definition) is 0.